The Bertz CT molecular complexity index is 488. The summed E-state index contributed by atoms with van der Waals surface area (Å²) in [4.78, 5) is 23.6. The molecule has 0 aliphatic rings. The fraction of sp³-hybridized carbons (Fsp3) is 0.500. The van der Waals surface area contributed by atoms with Gasteiger partial charge >= 0.3 is 5.97 Å². The van der Waals surface area contributed by atoms with Gasteiger partial charge in [0.15, 0.2) is 0 Å². The maximum Gasteiger partial charge on any atom is 0.329 e. The Hall–Kier alpha value is -1.88. The van der Waals surface area contributed by atoms with Crippen molar-refractivity contribution in [3.05, 3.63) is 35.4 Å². The lowest BCUT2D eigenvalue weighted by molar-refractivity contribution is -0.145. The SMILES string of the molecule is CN(Cc1ccc(C(C)(C)C)cc1)C(=O)COCC(=O)O. The molecule has 0 spiro atoms. The van der Waals surface area contributed by atoms with Crippen LogP contribution in [0.5, 0.6) is 0 Å². The Morgan fingerprint density at radius 1 is 1.14 bits per heavy atom. The van der Waals surface area contributed by atoms with Crippen LogP contribution < -0.4 is 0 Å². The zero-order valence-electron chi connectivity index (χ0n) is 13.0. The van der Waals surface area contributed by atoms with Gasteiger partial charge in [-0.2, -0.15) is 0 Å². The van der Waals surface area contributed by atoms with Gasteiger partial charge in [0.2, 0.25) is 5.91 Å². The predicted molar refractivity (Wildman–Crippen MR) is 80.1 cm³/mol. The summed E-state index contributed by atoms with van der Waals surface area (Å²) in [5.74, 6) is -1.32. The first-order valence-corrected chi connectivity index (χ1v) is 6.83. The van der Waals surface area contributed by atoms with Crippen LogP contribution in [0.1, 0.15) is 31.9 Å². The quantitative estimate of drug-likeness (QED) is 0.871. The molecule has 5 nitrogen and oxygen atoms in total. The van der Waals surface area contributed by atoms with Crippen molar-refractivity contribution < 1.29 is 19.4 Å². The van der Waals surface area contributed by atoms with Crippen molar-refractivity contribution in [1.29, 1.82) is 0 Å². The maximum absolute atomic E-state index is 11.8. The Labute approximate surface area is 125 Å². The van der Waals surface area contributed by atoms with E-state index >= 15 is 0 Å². The molecule has 1 N–H and O–H groups in total. The second-order valence-electron chi connectivity index (χ2n) is 6.08. The van der Waals surface area contributed by atoms with Crippen LogP contribution in [-0.4, -0.2) is 42.1 Å². The van der Waals surface area contributed by atoms with E-state index in [4.69, 9.17) is 9.84 Å². The number of nitrogens with zero attached hydrogens (tertiary/aromatic N) is 1. The molecule has 0 aliphatic heterocycles. The van der Waals surface area contributed by atoms with Gasteiger partial charge in [0.25, 0.3) is 0 Å². The van der Waals surface area contributed by atoms with Gasteiger partial charge in [-0.3, -0.25) is 4.79 Å². The Balaban J connectivity index is 2.52. The van der Waals surface area contributed by atoms with Crippen molar-refractivity contribution in [3.8, 4) is 0 Å². The van der Waals surface area contributed by atoms with Crippen LogP contribution in [-0.2, 0) is 26.3 Å². The number of aliphatic carboxylic acids is 1. The molecule has 0 aliphatic carbocycles. The van der Waals surface area contributed by atoms with Crippen LogP contribution in [0.15, 0.2) is 24.3 Å². The molecule has 0 saturated carbocycles. The van der Waals surface area contributed by atoms with Crippen LogP contribution in [0, 0.1) is 0 Å². The van der Waals surface area contributed by atoms with Crippen molar-refractivity contribution in [3.63, 3.8) is 0 Å². The number of likely N-dealkylation sites (N-methyl/N-ethyl adjacent to an activating group) is 1. The molecule has 1 amide bonds. The lowest BCUT2D eigenvalue weighted by atomic mass is 9.87. The summed E-state index contributed by atoms with van der Waals surface area (Å²) in [7, 11) is 1.67. The molecule has 5 heteroatoms. The molecular formula is C16H23NO4. The molecule has 0 heterocycles. The molecule has 21 heavy (non-hydrogen) atoms. The average Bonchev–Trinajstić information content (AvgIpc) is 2.37. The predicted octanol–water partition coefficient (Wildman–Crippen LogP) is 2.04. The second-order valence-corrected chi connectivity index (χ2v) is 6.08. The highest BCUT2D eigenvalue weighted by Gasteiger charge is 2.14. The van der Waals surface area contributed by atoms with Gasteiger partial charge in [0.1, 0.15) is 13.2 Å². The first-order chi connectivity index (χ1) is 9.70. The summed E-state index contributed by atoms with van der Waals surface area (Å²) >= 11 is 0. The largest absolute Gasteiger partial charge is 0.480 e. The van der Waals surface area contributed by atoms with Gasteiger partial charge in [-0.05, 0) is 16.5 Å². The van der Waals surface area contributed by atoms with Gasteiger partial charge in [-0.25, -0.2) is 4.79 Å². The summed E-state index contributed by atoms with van der Waals surface area (Å²) in [6.07, 6.45) is 0. The van der Waals surface area contributed by atoms with Crippen molar-refractivity contribution in [1.82, 2.24) is 4.90 Å². The Kier molecular flexibility index (Phi) is 5.90. The number of carbonyl (C=O) groups excluding carboxylic acids is 1. The third-order valence-corrected chi connectivity index (χ3v) is 3.12. The molecule has 0 unspecified atom stereocenters. The smallest absolute Gasteiger partial charge is 0.329 e. The second kappa shape index (κ2) is 7.22. The van der Waals surface area contributed by atoms with E-state index in [2.05, 4.69) is 32.9 Å². The molecule has 0 fully saturated rings. The number of amides is 1. The number of hydrogen-bond acceptors (Lipinski definition) is 3. The fourth-order valence-corrected chi connectivity index (χ4v) is 1.81. The summed E-state index contributed by atoms with van der Waals surface area (Å²) in [6.45, 7) is 6.24. The van der Waals surface area contributed by atoms with E-state index in [1.807, 2.05) is 12.1 Å². The van der Waals surface area contributed by atoms with Crippen molar-refractivity contribution >= 4 is 11.9 Å². The minimum atomic E-state index is -1.08. The molecule has 1 rings (SSSR count). The lowest BCUT2D eigenvalue weighted by Crippen LogP contribution is -2.30. The number of rotatable bonds is 6. The molecule has 1 aromatic carbocycles. The first kappa shape index (κ1) is 17.2. The Morgan fingerprint density at radius 3 is 2.19 bits per heavy atom. The van der Waals surface area contributed by atoms with E-state index in [9.17, 15) is 9.59 Å². The van der Waals surface area contributed by atoms with Crippen molar-refractivity contribution in [2.75, 3.05) is 20.3 Å². The van der Waals surface area contributed by atoms with Crippen LogP contribution in [0.4, 0.5) is 0 Å². The molecule has 0 atom stereocenters. The number of carbonyl (C=O) groups is 2. The number of carboxylic acid groups (broad SMARTS) is 1. The van der Waals surface area contributed by atoms with E-state index in [-0.39, 0.29) is 17.9 Å². The highest BCUT2D eigenvalue weighted by atomic mass is 16.5. The summed E-state index contributed by atoms with van der Waals surface area (Å²) in [5, 5.41) is 8.44. The maximum atomic E-state index is 11.8. The van der Waals surface area contributed by atoms with Gasteiger partial charge in [0.05, 0.1) is 0 Å². The first-order valence-electron chi connectivity index (χ1n) is 6.83. The molecule has 0 saturated heterocycles. The standard InChI is InChI=1S/C16H23NO4/c1-16(2,3)13-7-5-12(6-8-13)9-17(4)14(18)10-21-11-15(19)20/h5-8H,9-11H2,1-4H3,(H,19,20). The van der Waals surface area contributed by atoms with Crippen molar-refractivity contribution in [2.24, 2.45) is 0 Å². The van der Waals surface area contributed by atoms with Gasteiger partial charge in [-0.1, -0.05) is 45.0 Å². The van der Waals surface area contributed by atoms with E-state index in [1.165, 1.54) is 10.5 Å². The number of benzene rings is 1. The normalized spacial score (nSPS) is 11.2. The lowest BCUT2D eigenvalue weighted by Gasteiger charge is -2.21. The topological polar surface area (TPSA) is 66.8 Å². The van der Waals surface area contributed by atoms with Crippen LogP contribution in [0.25, 0.3) is 0 Å². The molecule has 1 aromatic rings. The number of carboxylic acids is 1. The van der Waals surface area contributed by atoms with Crippen LogP contribution in [0.3, 0.4) is 0 Å². The molecular weight excluding hydrogens is 270 g/mol. The van der Waals surface area contributed by atoms with E-state index in [1.54, 1.807) is 7.05 Å². The van der Waals surface area contributed by atoms with Gasteiger partial charge < -0.3 is 14.7 Å². The fourth-order valence-electron chi connectivity index (χ4n) is 1.81. The minimum absolute atomic E-state index is 0.102. The van der Waals surface area contributed by atoms with E-state index in [0.29, 0.717) is 6.54 Å². The highest BCUT2D eigenvalue weighted by Crippen LogP contribution is 2.22. The monoisotopic (exact) mass is 293 g/mol. The van der Waals surface area contributed by atoms with Gasteiger partial charge in [-0.15, -0.1) is 0 Å². The molecule has 116 valence electrons. The third kappa shape index (κ3) is 5.95. The van der Waals surface area contributed by atoms with Crippen LogP contribution in [0.2, 0.25) is 0 Å². The van der Waals surface area contributed by atoms with Crippen molar-refractivity contribution in [2.45, 2.75) is 32.7 Å². The van der Waals surface area contributed by atoms with E-state index < -0.39 is 12.6 Å². The summed E-state index contributed by atoms with van der Waals surface area (Å²) in [5.41, 5.74) is 2.37. The van der Waals surface area contributed by atoms with Crippen LogP contribution >= 0.6 is 0 Å². The number of hydrogen-bond donors (Lipinski definition) is 1. The summed E-state index contributed by atoms with van der Waals surface area (Å²) in [6, 6.07) is 8.13. The van der Waals surface area contributed by atoms with Gasteiger partial charge in [0, 0.05) is 13.6 Å². The average molecular weight is 293 g/mol. The molecule has 0 radical (unpaired) electrons. The molecule has 0 bridgehead atoms. The summed E-state index contributed by atoms with van der Waals surface area (Å²) < 4.78 is 4.79. The zero-order chi connectivity index (χ0) is 16.0. The third-order valence-electron chi connectivity index (χ3n) is 3.12. The Morgan fingerprint density at radius 2 is 1.71 bits per heavy atom. The zero-order valence-corrected chi connectivity index (χ0v) is 13.0. The highest BCUT2D eigenvalue weighted by molar-refractivity contribution is 5.77. The molecule has 0 aromatic heterocycles. The van der Waals surface area contributed by atoms with E-state index in [0.717, 1.165) is 5.56 Å². The number of ether oxygens (including phenoxy) is 1. The minimum Gasteiger partial charge on any atom is -0.480 e.